The van der Waals surface area contributed by atoms with E-state index in [0.717, 1.165) is 0 Å². The average molecular weight is 498 g/mol. The third-order valence-corrected chi connectivity index (χ3v) is 7.78. The Labute approximate surface area is 191 Å². The van der Waals surface area contributed by atoms with Crippen molar-refractivity contribution >= 4 is 37.6 Å². The third-order valence-electron chi connectivity index (χ3n) is 4.81. The van der Waals surface area contributed by atoms with E-state index in [1.807, 2.05) is 0 Å². The van der Waals surface area contributed by atoms with Crippen molar-refractivity contribution in [2.24, 2.45) is 5.14 Å². The van der Waals surface area contributed by atoms with Crippen LogP contribution in [-0.4, -0.2) is 65.9 Å². The number of benzene rings is 2. The number of carbonyl (C=O) groups is 2. The zero-order valence-electron chi connectivity index (χ0n) is 17.7. The number of primary sulfonamides is 1. The van der Waals surface area contributed by atoms with Gasteiger partial charge in [0.1, 0.15) is 0 Å². The van der Waals surface area contributed by atoms with Gasteiger partial charge in [0.25, 0.3) is 5.91 Å². The standard InChI is InChI=1S/C20H23N3O8S2/c1-14-2-3-15(12-18(14)33(28,29)23-8-10-30-11-9-23)20(25)31-13-19(24)22-16-4-6-17(7-5-16)32(21,26)27/h2-7,12H,8-11,13H2,1H3,(H,22,24)(H2,21,26,27). The highest BCUT2D eigenvalue weighted by molar-refractivity contribution is 7.89. The Morgan fingerprint density at radius 2 is 1.70 bits per heavy atom. The lowest BCUT2D eigenvalue weighted by molar-refractivity contribution is -0.119. The highest BCUT2D eigenvalue weighted by Crippen LogP contribution is 2.23. The van der Waals surface area contributed by atoms with Crippen LogP contribution in [-0.2, 0) is 34.3 Å². The molecule has 0 aliphatic carbocycles. The molecule has 13 heteroatoms. The lowest BCUT2D eigenvalue weighted by atomic mass is 10.1. The number of ether oxygens (including phenoxy) is 2. The Hall–Kier alpha value is -2.84. The molecule has 1 aliphatic heterocycles. The largest absolute Gasteiger partial charge is 0.452 e. The van der Waals surface area contributed by atoms with Crippen molar-refractivity contribution in [1.29, 1.82) is 0 Å². The summed E-state index contributed by atoms with van der Waals surface area (Å²) in [5.41, 5.74) is 0.731. The molecule has 0 unspecified atom stereocenters. The number of morpholine rings is 1. The van der Waals surface area contributed by atoms with E-state index in [1.165, 1.54) is 46.8 Å². The maximum absolute atomic E-state index is 12.9. The van der Waals surface area contributed by atoms with Gasteiger partial charge in [-0.25, -0.2) is 26.8 Å². The molecule has 0 aromatic heterocycles. The van der Waals surface area contributed by atoms with Gasteiger partial charge in [-0.1, -0.05) is 6.07 Å². The summed E-state index contributed by atoms with van der Waals surface area (Å²) in [4.78, 5) is 24.4. The van der Waals surface area contributed by atoms with Crippen molar-refractivity contribution in [1.82, 2.24) is 4.31 Å². The first-order chi connectivity index (χ1) is 15.5. The van der Waals surface area contributed by atoms with Crippen LogP contribution in [0, 0.1) is 6.92 Å². The molecule has 1 aliphatic rings. The summed E-state index contributed by atoms with van der Waals surface area (Å²) in [6.07, 6.45) is 0. The molecule has 3 rings (SSSR count). The minimum Gasteiger partial charge on any atom is -0.452 e. The molecule has 1 heterocycles. The number of sulfonamides is 2. The van der Waals surface area contributed by atoms with Crippen LogP contribution in [0.4, 0.5) is 5.69 Å². The molecule has 0 atom stereocenters. The van der Waals surface area contributed by atoms with E-state index in [1.54, 1.807) is 6.92 Å². The number of amides is 1. The van der Waals surface area contributed by atoms with Crippen LogP contribution in [0.3, 0.4) is 0 Å². The summed E-state index contributed by atoms with van der Waals surface area (Å²) in [5.74, 6) is -1.53. The van der Waals surface area contributed by atoms with Crippen molar-refractivity contribution in [2.75, 3.05) is 38.2 Å². The first-order valence-electron chi connectivity index (χ1n) is 9.77. The minimum atomic E-state index is -3.86. The molecule has 2 aromatic rings. The van der Waals surface area contributed by atoms with Gasteiger partial charge in [-0.15, -0.1) is 0 Å². The van der Waals surface area contributed by atoms with Crippen molar-refractivity contribution in [2.45, 2.75) is 16.7 Å². The van der Waals surface area contributed by atoms with Crippen molar-refractivity contribution in [3.63, 3.8) is 0 Å². The van der Waals surface area contributed by atoms with E-state index in [9.17, 15) is 26.4 Å². The fourth-order valence-corrected chi connectivity index (χ4v) is 5.24. The van der Waals surface area contributed by atoms with E-state index >= 15 is 0 Å². The molecule has 1 saturated heterocycles. The minimum absolute atomic E-state index is 0.0155. The second kappa shape index (κ2) is 9.97. The van der Waals surface area contributed by atoms with Crippen LogP contribution < -0.4 is 10.5 Å². The molecule has 0 spiro atoms. The summed E-state index contributed by atoms with van der Waals surface area (Å²) >= 11 is 0. The quantitative estimate of drug-likeness (QED) is 0.521. The van der Waals surface area contributed by atoms with Gasteiger partial charge in [-0.2, -0.15) is 4.31 Å². The predicted molar refractivity (Wildman–Crippen MR) is 117 cm³/mol. The third kappa shape index (κ3) is 6.15. The molecular formula is C20H23N3O8S2. The number of nitrogens with two attached hydrogens (primary N) is 1. The molecule has 1 amide bonds. The fourth-order valence-electron chi connectivity index (χ4n) is 3.07. The Bertz CT molecular complexity index is 1250. The van der Waals surface area contributed by atoms with Gasteiger partial charge in [0.15, 0.2) is 6.61 Å². The number of esters is 1. The van der Waals surface area contributed by atoms with Crippen LogP contribution >= 0.6 is 0 Å². The number of hydrogen-bond donors (Lipinski definition) is 2. The molecule has 0 bridgehead atoms. The number of hydrogen-bond acceptors (Lipinski definition) is 8. The summed E-state index contributed by atoms with van der Waals surface area (Å²) in [7, 11) is -7.68. The molecule has 0 saturated carbocycles. The van der Waals surface area contributed by atoms with E-state index < -0.39 is 38.5 Å². The first-order valence-corrected chi connectivity index (χ1v) is 12.8. The smallest absolute Gasteiger partial charge is 0.338 e. The maximum Gasteiger partial charge on any atom is 0.338 e. The van der Waals surface area contributed by atoms with Crippen LogP contribution in [0.1, 0.15) is 15.9 Å². The topological polar surface area (TPSA) is 162 Å². The van der Waals surface area contributed by atoms with E-state index in [4.69, 9.17) is 14.6 Å². The summed E-state index contributed by atoms with van der Waals surface area (Å²) < 4.78 is 59.9. The molecular weight excluding hydrogens is 474 g/mol. The molecule has 33 heavy (non-hydrogen) atoms. The van der Waals surface area contributed by atoms with E-state index in [0.29, 0.717) is 18.8 Å². The summed E-state index contributed by atoms with van der Waals surface area (Å²) in [5, 5.41) is 7.46. The van der Waals surface area contributed by atoms with Crippen molar-refractivity contribution in [3.05, 3.63) is 53.6 Å². The van der Waals surface area contributed by atoms with Gasteiger partial charge in [-0.05, 0) is 48.9 Å². The SMILES string of the molecule is Cc1ccc(C(=O)OCC(=O)Nc2ccc(S(N)(=O)=O)cc2)cc1S(=O)(=O)N1CCOCC1. The molecule has 2 aromatic carbocycles. The summed E-state index contributed by atoms with van der Waals surface area (Å²) in [6, 6.07) is 9.26. The van der Waals surface area contributed by atoms with Crippen molar-refractivity contribution < 1.29 is 35.9 Å². The van der Waals surface area contributed by atoms with Gasteiger partial charge in [0.05, 0.1) is 28.6 Å². The van der Waals surface area contributed by atoms with E-state index in [-0.39, 0.29) is 34.1 Å². The number of nitrogens with zero attached hydrogens (tertiary/aromatic N) is 1. The lowest BCUT2D eigenvalue weighted by Gasteiger charge is -2.26. The van der Waals surface area contributed by atoms with E-state index in [2.05, 4.69) is 5.32 Å². The van der Waals surface area contributed by atoms with Crippen LogP contribution in [0.5, 0.6) is 0 Å². The highest BCUT2D eigenvalue weighted by atomic mass is 32.2. The fraction of sp³-hybridized carbons (Fsp3) is 0.300. The molecule has 1 fully saturated rings. The monoisotopic (exact) mass is 497 g/mol. The first kappa shape index (κ1) is 24.8. The molecule has 178 valence electrons. The zero-order chi connectivity index (χ0) is 24.2. The normalized spacial score (nSPS) is 15.1. The number of anilines is 1. The molecule has 0 radical (unpaired) electrons. The summed E-state index contributed by atoms with van der Waals surface area (Å²) in [6.45, 7) is 2.01. The number of rotatable bonds is 7. The van der Waals surface area contributed by atoms with Gasteiger partial charge < -0.3 is 14.8 Å². The lowest BCUT2D eigenvalue weighted by Crippen LogP contribution is -2.40. The maximum atomic E-state index is 12.9. The van der Waals surface area contributed by atoms with Crippen LogP contribution in [0.2, 0.25) is 0 Å². The number of carbonyl (C=O) groups excluding carboxylic acids is 2. The predicted octanol–water partition coefficient (Wildman–Crippen LogP) is 0.459. The second-order valence-electron chi connectivity index (χ2n) is 7.19. The van der Waals surface area contributed by atoms with Gasteiger partial charge in [0.2, 0.25) is 20.0 Å². The average Bonchev–Trinajstić information content (AvgIpc) is 2.78. The number of nitrogens with one attached hydrogen (secondary N) is 1. The van der Waals surface area contributed by atoms with Gasteiger partial charge in [-0.3, -0.25) is 4.79 Å². The van der Waals surface area contributed by atoms with Gasteiger partial charge in [0, 0.05) is 18.8 Å². The van der Waals surface area contributed by atoms with Crippen LogP contribution in [0.25, 0.3) is 0 Å². The highest BCUT2D eigenvalue weighted by Gasteiger charge is 2.28. The number of aryl methyl sites for hydroxylation is 1. The van der Waals surface area contributed by atoms with Crippen molar-refractivity contribution in [3.8, 4) is 0 Å². The van der Waals surface area contributed by atoms with Gasteiger partial charge >= 0.3 is 5.97 Å². The molecule has 3 N–H and O–H groups in total. The zero-order valence-corrected chi connectivity index (χ0v) is 19.3. The van der Waals surface area contributed by atoms with Crippen LogP contribution in [0.15, 0.2) is 52.3 Å². The Kier molecular flexibility index (Phi) is 7.49. The Morgan fingerprint density at radius 3 is 2.30 bits per heavy atom. The second-order valence-corrected chi connectivity index (χ2v) is 10.7. The Morgan fingerprint density at radius 1 is 1.06 bits per heavy atom. The molecule has 11 nitrogen and oxygen atoms in total. The Balaban J connectivity index is 1.64.